The van der Waals surface area contributed by atoms with Crippen molar-refractivity contribution < 1.29 is 9.84 Å². The summed E-state index contributed by atoms with van der Waals surface area (Å²) in [5.74, 6) is 1.32. The van der Waals surface area contributed by atoms with Gasteiger partial charge in [0.2, 0.25) is 0 Å². The summed E-state index contributed by atoms with van der Waals surface area (Å²) in [6.07, 6.45) is 3.24. The molecule has 0 bridgehead atoms. The summed E-state index contributed by atoms with van der Waals surface area (Å²) < 4.78 is 5.69. The van der Waals surface area contributed by atoms with Crippen molar-refractivity contribution in [3.05, 3.63) is 24.3 Å². The Kier molecular flexibility index (Phi) is 4.20. The lowest BCUT2D eigenvalue weighted by atomic mass is 10.0. The van der Waals surface area contributed by atoms with Gasteiger partial charge in [-0.1, -0.05) is 12.1 Å². The van der Waals surface area contributed by atoms with E-state index in [2.05, 4.69) is 9.88 Å². The Bertz CT molecular complexity index is 617. The third-order valence-electron chi connectivity index (χ3n) is 3.91. The SMILES string of the molecule is CCOc1nc2ccccc2nc1N1CCCCC1CO. The fraction of sp³-hybridized carbons (Fsp3) is 0.500. The van der Waals surface area contributed by atoms with Gasteiger partial charge in [-0.3, -0.25) is 0 Å². The Morgan fingerprint density at radius 2 is 2.00 bits per heavy atom. The first kappa shape index (κ1) is 14.1. The standard InChI is InChI=1S/C16H21N3O2/c1-2-21-16-15(19-10-6-5-7-12(19)11-20)17-13-8-3-4-9-14(13)18-16/h3-4,8-9,12,20H,2,5-7,10-11H2,1H3. The number of aliphatic hydroxyl groups excluding tert-OH is 1. The first-order valence-electron chi connectivity index (χ1n) is 7.60. The van der Waals surface area contributed by atoms with Gasteiger partial charge in [0.25, 0.3) is 5.88 Å². The van der Waals surface area contributed by atoms with E-state index in [4.69, 9.17) is 9.72 Å². The zero-order valence-corrected chi connectivity index (χ0v) is 12.3. The number of nitrogens with zero attached hydrogens (tertiary/aromatic N) is 3. The quantitative estimate of drug-likeness (QED) is 0.935. The molecular formula is C16H21N3O2. The van der Waals surface area contributed by atoms with Crippen LogP contribution < -0.4 is 9.64 Å². The average Bonchev–Trinajstić information content (AvgIpc) is 2.54. The van der Waals surface area contributed by atoms with Gasteiger partial charge in [-0.05, 0) is 38.3 Å². The summed E-state index contributed by atoms with van der Waals surface area (Å²) in [5.41, 5.74) is 1.69. The number of aromatic nitrogens is 2. The molecule has 1 aliphatic heterocycles. The molecule has 1 aliphatic rings. The number of aliphatic hydroxyl groups is 1. The van der Waals surface area contributed by atoms with Crippen molar-refractivity contribution in [2.75, 3.05) is 24.7 Å². The second kappa shape index (κ2) is 6.26. The zero-order chi connectivity index (χ0) is 14.7. The van der Waals surface area contributed by atoms with Crippen molar-refractivity contribution in [3.8, 4) is 5.88 Å². The maximum Gasteiger partial charge on any atom is 0.258 e. The highest BCUT2D eigenvalue weighted by Gasteiger charge is 2.26. The predicted octanol–water partition coefficient (Wildman–Crippen LogP) is 2.38. The van der Waals surface area contributed by atoms with E-state index >= 15 is 0 Å². The summed E-state index contributed by atoms with van der Waals surface area (Å²) in [7, 11) is 0. The van der Waals surface area contributed by atoms with Crippen LogP contribution in [0.2, 0.25) is 0 Å². The number of fused-ring (bicyclic) bond motifs is 1. The summed E-state index contributed by atoms with van der Waals surface area (Å²) in [4.78, 5) is 11.5. The monoisotopic (exact) mass is 287 g/mol. The second-order valence-corrected chi connectivity index (χ2v) is 5.30. The van der Waals surface area contributed by atoms with Gasteiger partial charge in [-0.2, -0.15) is 0 Å². The van der Waals surface area contributed by atoms with Crippen LogP contribution >= 0.6 is 0 Å². The number of benzene rings is 1. The Morgan fingerprint density at radius 1 is 1.24 bits per heavy atom. The average molecular weight is 287 g/mol. The van der Waals surface area contributed by atoms with Crippen LogP contribution in [0.15, 0.2) is 24.3 Å². The molecule has 1 fully saturated rings. The largest absolute Gasteiger partial charge is 0.475 e. The minimum absolute atomic E-state index is 0.105. The molecule has 3 rings (SSSR count). The summed E-state index contributed by atoms with van der Waals surface area (Å²) in [5, 5.41) is 9.63. The highest BCUT2D eigenvalue weighted by atomic mass is 16.5. The topological polar surface area (TPSA) is 58.5 Å². The lowest BCUT2D eigenvalue weighted by Gasteiger charge is -2.36. The fourth-order valence-corrected chi connectivity index (χ4v) is 2.86. The molecule has 5 heteroatoms. The lowest BCUT2D eigenvalue weighted by molar-refractivity contribution is 0.237. The summed E-state index contributed by atoms with van der Waals surface area (Å²) >= 11 is 0. The van der Waals surface area contributed by atoms with E-state index in [1.54, 1.807) is 0 Å². The molecule has 0 amide bonds. The Hall–Kier alpha value is -1.88. The van der Waals surface area contributed by atoms with Gasteiger partial charge in [0, 0.05) is 6.54 Å². The molecule has 21 heavy (non-hydrogen) atoms. The van der Waals surface area contributed by atoms with Crippen LogP contribution in [0.25, 0.3) is 11.0 Å². The molecule has 1 N–H and O–H groups in total. The molecule has 1 aromatic heterocycles. The first-order valence-corrected chi connectivity index (χ1v) is 7.60. The highest BCUT2D eigenvalue weighted by molar-refractivity contribution is 5.77. The fourth-order valence-electron chi connectivity index (χ4n) is 2.86. The van der Waals surface area contributed by atoms with Crippen molar-refractivity contribution in [1.82, 2.24) is 9.97 Å². The molecular weight excluding hydrogens is 266 g/mol. The number of piperidine rings is 1. The Balaban J connectivity index is 2.07. The number of anilines is 1. The van der Waals surface area contributed by atoms with E-state index in [0.717, 1.165) is 42.7 Å². The predicted molar refractivity (Wildman–Crippen MR) is 82.8 cm³/mol. The van der Waals surface area contributed by atoms with E-state index < -0.39 is 0 Å². The normalized spacial score (nSPS) is 19.0. The molecule has 1 saturated heterocycles. The number of rotatable bonds is 4. The molecule has 0 saturated carbocycles. The van der Waals surface area contributed by atoms with Crippen molar-refractivity contribution in [3.63, 3.8) is 0 Å². The molecule has 1 unspecified atom stereocenters. The van der Waals surface area contributed by atoms with Gasteiger partial charge in [0.1, 0.15) is 0 Å². The molecule has 2 heterocycles. The van der Waals surface area contributed by atoms with Crippen LogP contribution in [0.4, 0.5) is 5.82 Å². The molecule has 112 valence electrons. The van der Waals surface area contributed by atoms with Gasteiger partial charge in [0.15, 0.2) is 5.82 Å². The molecule has 1 aromatic carbocycles. The Morgan fingerprint density at radius 3 is 2.71 bits per heavy atom. The van der Waals surface area contributed by atoms with Gasteiger partial charge in [0.05, 0.1) is 30.3 Å². The minimum Gasteiger partial charge on any atom is -0.475 e. The van der Waals surface area contributed by atoms with Crippen molar-refractivity contribution in [2.24, 2.45) is 0 Å². The highest BCUT2D eigenvalue weighted by Crippen LogP contribution is 2.31. The maximum absolute atomic E-state index is 9.63. The Labute approximate surface area is 124 Å². The van der Waals surface area contributed by atoms with Crippen molar-refractivity contribution in [2.45, 2.75) is 32.2 Å². The van der Waals surface area contributed by atoms with E-state index in [0.29, 0.717) is 12.5 Å². The van der Waals surface area contributed by atoms with Crippen LogP contribution in [-0.4, -0.2) is 40.9 Å². The molecule has 2 aromatic rings. The van der Waals surface area contributed by atoms with Crippen LogP contribution in [0.1, 0.15) is 26.2 Å². The summed E-state index contributed by atoms with van der Waals surface area (Å²) in [6.45, 7) is 3.52. The number of hydrogen-bond donors (Lipinski definition) is 1. The van der Waals surface area contributed by atoms with Crippen LogP contribution in [0, 0.1) is 0 Å². The zero-order valence-electron chi connectivity index (χ0n) is 12.3. The third kappa shape index (κ3) is 2.78. The number of ether oxygens (including phenoxy) is 1. The van der Waals surface area contributed by atoms with Crippen molar-refractivity contribution >= 4 is 16.9 Å². The molecule has 1 atom stereocenters. The van der Waals surface area contributed by atoms with Crippen molar-refractivity contribution in [1.29, 1.82) is 0 Å². The number of hydrogen-bond acceptors (Lipinski definition) is 5. The van der Waals surface area contributed by atoms with Crippen LogP contribution in [0.5, 0.6) is 5.88 Å². The minimum atomic E-state index is 0.105. The van der Waals surface area contributed by atoms with E-state index in [9.17, 15) is 5.11 Å². The van der Waals surface area contributed by atoms with Crippen LogP contribution in [-0.2, 0) is 0 Å². The molecule has 0 radical (unpaired) electrons. The number of para-hydroxylation sites is 2. The van der Waals surface area contributed by atoms with E-state index in [1.807, 2.05) is 31.2 Å². The molecule has 0 spiro atoms. The van der Waals surface area contributed by atoms with Crippen LogP contribution in [0.3, 0.4) is 0 Å². The molecule has 5 nitrogen and oxygen atoms in total. The second-order valence-electron chi connectivity index (χ2n) is 5.30. The van der Waals surface area contributed by atoms with E-state index in [-0.39, 0.29) is 12.6 Å². The van der Waals surface area contributed by atoms with Gasteiger partial charge in [-0.15, -0.1) is 0 Å². The summed E-state index contributed by atoms with van der Waals surface area (Å²) in [6, 6.07) is 7.91. The first-order chi connectivity index (χ1) is 10.3. The lowest BCUT2D eigenvalue weighted by Crippen LogP contribution is -2.42. The van der Waals surface area contributed by atoms with Gasteiger partial charge in [-0.25, -0.2) is 9.97 Å². The maximum atomic E-state index is 9.63. The van der Waals surface area contributed by atoms with Gasteiger partial charge >= 0.3 is 0 Å². The van der Waals surface area contributed by atoms with E-state index in [1.165, 1.54) is 0 Å². The smallest absolute Gasteiger partial charge is 0.258 e. The third-order valence-corrected chi connectivity index (χ3v) is 3.91. The molecule has 0 aliphatic carbocycles. The van der Waals surface area contributed by atoms with Gasteiger partial charge < -0.3 is 14.7 Å².